The van der Waals surface area contributed by atoms with Crippen LogP contribution in [0.25, 0.3) is 0 Å². The number of hydrogen-bond donors (Lipinski definition) is 1. The third-order valence-electron chi connectivity index (χ3n) is 1.31. The van der Waals surface area contributed by atoms with Gasteiger partial charge in [0.2, 0.25) is 0 Å². The fourth-order valence-corrected chi connectivity index (χ4v) is 0.651. The zero-order valence-electron chi connectivity index (χ0n) is 5.26. The lowest BCUT2D eigenvalue weighted by Crippen LogP contribution is -2.08. The molecule has 1 fully saturated rings. The highest BCUT2D eigenvalue weighted by molar-refractivity contribution is 4.91. The highest BCUT2D eigenvalue weighted by atomic mass is 16.5. The smallest absolute Gasteiger partial charge is 0.0742 e. The predicted octanol–water partition coefficient (Wildman–Crippen LogP) is 0.513. The molecular formula is C6H13NO. The molecular weight excluding hydrogens is 102 g/mol. The number of ether oxygens (including phenoxy) is 1. The maximum Gasteiger partial charge on any atom is 0.0742 e. The Labute approximate surface area is 50.0 Å². The van der Waals surface area contributed by atoms with Crippen LogP contribution >= 0.6 is 0 Å². The maximum atomic E-state index is 5.48. The molecule has 48 valence electrons. The lowest BCUT2D eigenvalue weighted by molar-refractivity contribution is 0.116. The average Bonchev–Trinajstić information content (AvgIpc) is 2.42. The molecule has 2 N–H and O–H groups in total. The summed E-state index contributed by atoms with van der Waals surface area (Å²) in [6.45, 7) is 2.98. The van der Waals surface area contributed by atoms with Crippen molar-refractivity contribution in [3.05, 3.63) is 0 Å². The summed E-state index contributed by atoms with van der Waals surface area (Å²) in [5.74, 6) is 0. The third kappa shape index (κ3) is 1.46. The van der Waals surface area contributed by atoms with E-state index in [4.69, 9.17) is 10.5 Å². The van der Waals surface area contributed by atoms with Crippen molar-refractivity contribution in [2.45, 2.75) is 31.9 Å². The Bertz CT molecular complexity index is 74.9. The van der Waals surface area contributed by atoms with Crippen LogP contribution in [0.3, 0.4) is 0 Å². The van der Waals surface area contributed by atoms with Crippen molar-refractivity contribution < 1.29 is 4.74 Å². The second kappa shape index (κ2) is 2.46. The van der Waals surface area contributed by atoms with Gasteiger partial charge in [0.05, 0.1) is 6.10 Å². The van der Waals surface area contributed by atoms with Crippen LogP contribution < -0.4 is 5.73 Å². The Kier molecular flexibility index (Phi) is 1.86. The van der Waals surface area contributed by atoms with Gasteiger partial charge in [0.25, 0.3) is 0 Å². The topological polar surface area (TPSA) is 35.2 Å². The van der Waals surface area contributed by atoms with Gasteiger partial charge in [-0.15, -0.1) is 0 Å². The van der Waals surface area contributed by atoms with Crippen molar-refractivity contribution in [1.82, 2.24) is 0 Å². The molecule has 2 atom stereocenters. The molecule has 2 nitrogen and oxygen atoms in total. The Balaban J connectivity index is 1.89. The number of rotatable bonds is 3. The van der Waals surface area contributed by atoms with E-state index < -0.39 is 0 Å². The molecule has 1 aliphatic rings. The Morgan fingerprint density at radius 2 is 2.38 bits per heavy atom. The van der Waals surface area contributed by atoms with Crippen LogP contribution in [0.15, 0.2) is 0 Å². The number of nitrogens with two attached hydrogens (primary N) is 1. The van der Waals surface area contributed by atoms with Gasteiger partial charge >= 0.3 is 0 Å². The average molecular weight is 115 g/mol. The molecule has 8 heavy (non-hydrogen) atoms. The zero-order valence-corrected chi connectivity index (χ0v) is 5.26. The first kappa shape index (κ1) is 6.05. The molecule has 0 bridgehead atoms. The van der Waals surface area contributed by atoms with Crippen molar-refractivity contribution in [1.29, 1.82) is 0 Å². The van der Waals surface area contributed by atoms with Crippen molar-refractivity contribution in [3.63, 3.8) is 0 Å². The van der Waals surface area contributed by atoms with E-state index in [-0.39, 0.29) is 0 Å². The molecule has 0 aromatic rings. The summed E-state index contributed by atoms with van der Waals surface area (Å²) in [4.78, 5) is 0. The minimum Gasteiger partial charge on any atom is -0.377 e. The van der Waals surface area contributed by atoms with Crippen molar-refractivity contribution >= 4 is 0 Å². The molecule has 0 saturated heterocycles. The first-order valence-electron chi connectivity index (χ1n) is 3.21. The van der Waals surface area contributed by atoms with Crippen LogP contribution in [0.5, 0.6) is 0 Å². The highest BCUT2D eigenvalue weighted by Crippen LogP contribution is 2.22. The van der Waals surface area contributed by atoms with E-state index in [0.717, 1.165) is 19.4 Å². The van der Waals surface area contributed by atoms with Gasteiger partial charge in [-0.2, -0.15) is 0 Å². The first-order valence-corrected chi connectivity index (χ1v) is 3.21. The summed E-state index contributed by atoms with van der Waals surface area (Å²) in [6, 6.07) is 0.349. The largest absolute Gasteiger partial charge is 0.377 e. The van der Waals surface area contributed by atoms with E-state index >= 15 is 0 Å². The minimum atomic E-state index is 0.349. The molecule has 0 unspecified atom stereocenters. The van der Waals surface area contributed by atoms with Gasteiger partial charge in [-0.05, 0) is 12.8 Å². The van der Waals surface area contributed by atoms with Crippen LogP contribution in [0.2, 0.25) is 0 Å². The minimum absolute atomic E-state index is 0.349. The van der Waals surface area contributed by atoms with Crippen LogP contribution in [0.4, 0.5) is 0 Å². The fraction of sp³-hybridized carbons (Fsp3) is 1.00. The third-order valence-corrected chi connectivity index (χ3v) is 1.31. The van der Waals surface area contributed by atoms with E-state index in [9.17, 15) is 0 Å². The predicted molar refractivity (Wildman–Crippen MR) is 32.6 cm³/mol. The highest BCUT2D eigenvalue weighted by Gasteiger charge is 2.33. The molecule has 0 aromatic heterocycles. The lowest BCUT2D eigenvalue weighted by Gasteiger charge is -1.96. The summed E-state index contributed by atoms with van der Waals surface area (Å²) >= 11 is 0. The van der Waals surface area contributed by atoms with Crippen molar-refractivity contribution in [3.8, 4) is 0 Å². The summed E-state index contributed by atoms with van der Waals surface area (Å²) in [7, 11) is 0. The van der Waals surface area contributed by atoms with E-state index in [2.05, 4.69) is 6.92 Å². The quantitative estimate of drug-likeness (QED) is 0.581. The Hall–Kier alpha value is -0.0800. The Morgan fingerprint density at radius 3 is 2.75 bits per heavy atom. The van der Waals surface area contributed by atoms with E-state index in [1.165, 1.54) is 0 Å². The number of hydrogen-bond acceptors (Lipinski definition) is 2. The van der Waals surface area contributed by atoms with Gasteiger partial charge in [0.15, 0.2) is 0 Å². The molecule has 1 saturated carbocycles. The van der Waals surface area contributed by atoms with Crippen LogP contribution in [0.1, 0.15) is 19.8 Å². The van der Waals surface area contributed by atoms with E-state index in [1.807, 2.05) is 0 Å². The van der Waals surface area contributed by atoms with Crippen molar-refractivity contribution in [2.24, 2.45) is 5.73 Å². The maximum absolute atomic E-state index is 5.48. The van der Waals surface area contributed by atoms with Gasteiger partial charge in [0.1, 0.15) is 0 Å². The SMILES string of the molecule is CCCO[C@@H]1C[C@H]1N. The fourth-order valence-electron chi connectivity index (χ4n) is 0.651. The monoisotopic (exact) mass is 115 g/mol. The van der Waals surface area contributed by atoms with Crippen LogP contribution in [-0.4, -0.2) is 18.8 Å². The van der Waals surface area contributed by atoms with Gasteiger partial charge in [-0.3, -0.25) is 0 Å². The van der Waals surface area contributed by atoms with Crippen molar-refractivity contribution in [2.75, 3.05) is 6.61 Å². The molecule has 0 aromatic carbocycles. The van der Waals surface area contributed by atoms with Gasteiger partial charge in [0, 0.05) is 12.6 Å². The molecule has 0 spiro atoms. The van der Waals surface area contributed by atoms with Crippen LogP contribution in [0, 0.1) is 0 Å². The molecule has 0 radical (unpaired) electrons. The van der Waals surface area contributed by atoms with E-state index in [1.54, 1.807) is 0 Å². The summed E-state index contributed by atoms with van der Waals surface area (Å²) in [5.41, 5.74) is 5.48. The molecule has 0 amide bonds. The second-order valence-electron chi connectivity index (χ2n) is 2.31. The molecule has 1 rings (SSSR count). The summed E-state index contributed by atoms with van der Waals surface area (Å²) < 4.78 is 5.29. The standard InChI is InChI=1S/C6H13NO/c1-2-3-8-6-4-5(6)7/h5-6H,2-4,7H2,1H3/t5-,6-/m1/s1. The molecule has 0 heterocycles. The van der Waals surface area contributed by atoms with Gasteiger partial charge in [-0.25, -0.2) is 0 Å². The van der Waals surface area contributed by atoms with Crippen LogP contribution in [-0.2, 0) is 4.74 Å². The summed E-state index contributed by atoms with van der Waals surface area (Å²) in [6.07, 6.45) is 2.57. The van der Waals surface area contributed by atoms with Gasteiger partial charge in [-0.1, -0.05) is 6.92 Å². The molecule has 2 heteroatoms. The molecule has 0 aliphatic heterocycles. The zero-order chi connectivity index (χ0) is 5.98. The first-order chi connectivity index (χ1) is 3.84. The molecule has 1 aliphatic carbocycles. The summed E-state index contributed by atoms with van der Waals surface area (Å²) in [5, 5.41) is 0. The van der Waals surface area contributed by atoms with Gasteiger partial charge < -0.3 is 10.5 Å². The Morgan fingerprint density at radius 1 is 1.75 bits per heavy atom. The normalized spacial score (nSPS) is 35.2. The lowest BCUT2D eigenvalue weighted by atomic mass is 10.5. The van der Waals surface area contributed by atoms with E-state index in [0.29, 0.717) is 12.1 Å². The second-order valence-corrected chi connectivity index (χ2v) is 2.31.